The first kappa shape index (κ1) is 31.1. The van der Waals surface area contributed by atoms with Gasteiger partial charge < -0.3 is 14.2 Å². The van der Waals surface area contributed by atoms with Gasteiger partial charge in [-0.05, 0) is 85.2 Å². The summed E-state index contributed by atoms with van der Waals surface area (Å²) in [7, 11) is 0. The number of nitrogens with zero attached hydrogens (tertiary/aromatic N) is 5. The monoisotopic (exact) mass is 651 g/mol. The fourth-order valence-corrected chi connectivity index (χ4v) is 6.54. The summed E-state index contributed by atoms with van der Waals surface area (Å²) in [6.07, 6.45) is 6.16. The van der Waals surface area contributed by atoms with Crippen molar-refractivity contribution < 1.29 is 23.4 Å². The van der Waals surface area contributed by atoms with Gasteiger partial charge in [0.25, 0.3) is 5.56 Å². The minimum absolute atomic E-state index is 0.00836. The second-order valence-corrected chi connectivity index (χ2v) is 12.0. The maximum Gasteiger partial charge on any atom is 0.337 e. The van der Waals surface area contributed by atoms with Crippen LogP contribution in [-0.4, -0.2) is 47.6 Å². The Balaban J connectivity index is 1.17. The summed E-state index contributed by atoms with van der Waals surface area (Å²) in [6.45, 7) is 0.0852. The molecule has 244 valence electrons. The zero-order chi connectivity index (χ0) is 33.4. The van der Waals surface area contributed by atoms with Gasteiger partial charge >= 0.3 is 5.69 Å². The van der Waals surface area contributed by atoms with Crippen LogP contribution in [0.2, 0.25) is 0 Å². The molecule has 4 heterocycles. The van der Waals surface area contributed by atoms with E-state index in [1.807, 2.05) is 18.2 Å². The number of rotatable bonds is 9. The molecule has 12 heteroatoms. The third-order valence-electron chi connectivity index (χ3n) is 8.90. The van der Waals surface area contributed by atoms with Gasteiger partial charge in [0.15, 0.2) is 11.4 Å². The molecular weight excluding hydrogens is 620 g/mol. The second kappa shape index (κ2) is 13.0. The Hall–Kier alpha value is -5.49. The predicted octanol–water partition coefficient (Wildman–Crippen LogP) is 5.52. The van der Waals surface area contributed by atoms with E-state index in [1.54, 1.807) is 30.3 Å². The normalized spacial score (nSPS) is 16.4. The predicted molar refractivity (Wildman–Crippen MR) is 175 cm³/mol. The summed E-state index contributed by atoms with van der Waals surface area (Å²) in [5.41, 5.74) is 1.72. The zero-order valence-corrected chi connectivity index (χ0v) is 25.8. The first-order chi connectivity index (χ1) is 23.3. The van der Waals surface area contributed by atoms with E-state index >= 15 is 0 Å². The van der Waals surface area contributed by atoms with Crippen molar-refractivity contribution in [2.75, 3.05) is 13.2 Å². The lowest BCUT2D eigenvalue weighted by Crippen LogP contribution is -2.43. The smallest absolute Gasteiger partial charge is 0.337 e. The van der Waals surface area contributed by atoms with Crippen molar-refractivity contribution in [3.05, 3.63) is 123 Å². The molecule has 10 nitrogen and oxygen atoms in total. The maximum atomic E-state index is 14.4. The largest absolute Gasteiger partial charge is 0.491 e. The van der Waals surface area contributed by atoms with E-state index in [4.69, 9.17) is 9.84 Å². The number of carbonyl (C=O) groups excluding carboxylic acids is 1. The highest BCUT2D eigenvalue weighted by molar-refractivity contribution is 5.95. The Morgan fingerprint density at radius 2 is 1.71 bits per heavy atom. The Morgan fingerprint density at radius 1 is 0.917 bits per heavy atom. The minimum atomic E-state index is -0.689. The van der Waals surface area contributed by atoms with Crippen molar-refractivity contribution in [2.45, 2.75) is 38.1 Å². The molecule has 0 bridgehead atoms. The summed E-state index contributed by atoms with van der Waals surface area (Å²) in [4.78, 5) is 49.5. The van der Waals surface area contributed by atoms with Crippen LogP contribution in [0.3, 0.4) is 0 Å². The summed E-state index contributed by atoms with van der Waals surface area (Å²) in [5, 5.41) is 9.01. The molecule has 1 N–H and O–H groups in total. The molecule has 0 unspecified atom stereocenters. The molecule has 0 spiro atoms. The van der Waals surface area contributed by atoms with Crippen LogP contribution in [0.5, 0.6) is 5.75 Å². The third kappa shape index (κ3) is 6.02. The Bertz CT molecular complexity index is 2270. The molecule has 1 saturated carbocycles. The minimum Gasteiger partial charge on any atom is -0.491 e. The highest BCUT2D eigenvalue weighted by Gasteiger charge is 2.29. The van der Waals surface area contributed by atoms with E-state index in [-0.39, 0.29) is 48.1 Å². The van der Waals surface area contributed by atoms with Gasteiger partial charge in [-0.25, -0.2) is 28.1 Å². The Kier molecular flexibility index (Phi) is 8.40. The highest BCUT2D eigenvalue weighted by atomic mass is 19.1. The molecular formula is C36H31F2N5O5. The number of hydrogen-bond donors (Lipinski definition) is 1. The average Bonchev–Trinajstić information content (AvgIpc) is 3.52. The topological polar surface area (TPSA) is 121 Å². The molecule has 0 aliphatic heterocycles. The van der Waals surface area contributed by atoms with Gasteiger partial charge in [-0.3, -0.25) is 14.2 Å². The van der Waals surface area contributed by atoms with E-state index in [9.17, 15) is 23.2 Å². The zero-order valence-electron chi connectivity index (χ0n) is 25.8. The van der Waals surface area contributed by atoms with Crippen molar-refractivity contribution in [1.82, 2.24) is 23.5 Å². The van der Waals surface area contributed by atoms with Crippen LogP contribution in [-0.2, 0) is 0 Å². The lowest BCUT2D eigenvalue weighted by atomic mass is 9.82. The van der Waals surface area contributed by atoms with E-state index in [2.05, 4.69) is 9.97 Å². The quantitative estimate of drug-likeness (QED) is 0.205. The van der Waals surface area contributed by atoms with E-state index in [0.717, 1.165) is 23.4 Å². The number of hydrogen-bond acceptors (Lipinski definition) is 7. The summed E-state index contributed by atoms with van der Waals surface area (Å²) in [5.74, 6) is -0.644. The van der Waals surface area contributed by atoms with Crippen molar-refractivity contribution in [1.29, 1.82) is 0 Å². The molecule has 0 amide bonds. The van der Waals surface area contributed by atoms with Gasteiger partial charge in [0.05, 0.1) is 23.9 Å². The van der Waals surface area contributed by atoms with Crippen LogP contribution in [0.4, 0.5) is 8.78 Å². The number of aliphatic hydroxyl groups is 1. The number of ketones is 1. The summed E-state index contributed by atoms with van der Waals surface area (Å²) < 4.78 is 37.5. The number of benzene rings is 2. The molecule has 2 aromatic carbocycles. The van der Waals surface area contributed by atoms with Crippen LogP contribution >= 0.6 is 0 Å². The van der Waals surface area contributed by atoms with Crippen molar-refractivity contribution in [3.8, 4) is 22.6 Å². The van der Waals surface area contributed by atoms with Gasteiger partial charge in [-0.15, -0.1) is 0 Å². The number of fused-ring (bicyclic) bond motifs is 2. The highest BCUT2D eigenvalue weighted by Crippen LogP contribution is 2.34. The van der Waals surface area contributed by atoms with Crippen molar-refractivity contribution in [3.63, 3.8) is 0 Å². The Labute approximate surface area is 272 Å². The summed E-state index contributed by atoms with van der Waals surface area (Å²) >= 11 is 0. The lowest BCUT2D eigenvalue weighted by Gasteiger charge is -2.29. The van der Waals surface area contributed by atoms with Gasteiger partial charge in [0.1, 0.15) is 35.3 Å². The third-order valence-corrected chi connectivity index (χ3v) is 8.90. The second-order valence-electron chi connectivity index (χ2n) is 12.0. The molecule has 48 heavy (non-hydrogen) atoms. The number of aromatic nitrogens is 5. The molecule has 6 aromatic rings. The maximum absolute atomic E-state index is 14.4. The number of aliphatic hydroxyl groups excluding tert-OH is 1. The lowest BCUT2D eigenvalue weighted by molar-refractivity contribution is 0.0938. The molecule has 1 fully saturated rings. The molecule has 0 saturated heterocycles. The fraction of sp³-hybridized carbons (Fsp3) is 0.250. The molecule has 4 aromatic heterocycles. The molecule has 7 rings (SSSR count). The fourth-order valence-electron chi connectivity index (χ4n) is 6.54. The average molecular weight is 652 g/mol. The first-order valence-corrected chi connectivity index (χ1v) is 15.7. The van der Waals surface area contributed by atoms with Crippen LogP contribution in [0.1, 0.15) is 48.6 Å². The molecule has 1 aliphatic rings. The van der Waals surface area contributed by atoms with Crippen molar-refractivity contribution >= 4 is 22.5 Å². The number of Topliss-reactive ketones (excluding diaryl/α,β-unsaturated/α-hetero) is 1. The van der Waals surface area contributed by atoms with E-state index in [1.165, 1.54) is 38.1 Å². The number of carbonyl (C=O) groups is 1. The van der Waals surface area contributed by atoms with Gasteiger partial charge in [0, 0.05) is 24.9 Å². The SMILES string of the molecule is O=C(CC1CCC(n2c(=O)c3cc(F)cnc3n(-c3cccc(-c4ccc(OCCO)cc4)c3)c2=O)CC1)c1cn2cc(F)ccc2n1. The van der Waals surface area contributed by atoms with Crippen molar-refractivity contribution in [2.24, 2.45) is 5.92 Å². The van der Waals surface area contributed by atoms with Crippen LogP contribution in [0.25, 0.3) is 33.5 Å². The first-order valence-electron chi connectivity index (χ1n) is 15.7. The van der Waals surface area contributed by atoms with Crippen LogP contribution in [0.15, 0.2) is 94.9 Å². The molecule has 0 radical (unpaired) electrons. The number of halogens is 2. The molecule has 0 atom stereocenters. The summed E-state index contributed by atoms with van der Waals surface area (Å²) in [6, 6.07) is 18.0. The van der Waals surface area contributed by atoms with Crippen LogP contribution in [0, 0.1) is 17.6 Å². The number of ether oxygens (including phenoxy) is 1. The number of pyridine rings is 2. The number of imidazole rings is 1. The van der Waals surface area contributed by atoms with Gasteiger partial charge in [0.2, 0.25) is 0 Å². The standard InChI is InChI=1S/C36H31F2N5O5/c37-25-8-13-33-40-31(21-41(33)20-25)32(45)16-22-4-9-27(10-5-22)43-35(46)30-18-26(38)19-39-34(30)42(36(43)47)28-3-1-2-24(17-28)23-6-11-29(12-7-23)48-15-14-44/h1-3,6-8,11-13,17-22,27,44H,4-5,9-10,14-16H2. The van der Waals surface area contributed by atoms with E-state index < -0.39 is 28.9 Å². The van der Waals surface area contributed by atoms with Crippen LogP contribution < -0.4 is 16.0 Å². The van der Waals surface area contributed by atoms with E-state index in [0.29, 0.717) is 42.8 Å². The van der Waals surface area contributed by atoms with Gasteiger partial charge in [-0.2, -0.15) is 0 Å². The molecule has 1 aliphatic carbocycles. The Morgan fingerprint density at radius 3 is 2.48 bits per heavy atom. The van der Waals surface area contributed by atoms with Gasteiger partial charge in [-0.1, -0.05) is 24.3 Å².